The van der Waals surface area contributed by atoms with Crippen LogP contribution >= 0.6 is 7.82 Å². The molecular formula is C48H81NO9P+. The van der Waals surface area contributed by atoms with Gasteiger partial charge in [-0.15, -0.1) is 0 Å². The van der Waals surface area contributed by atoms with Gasteiger partial charge in [0.1, 0.15) is 19.8 Å². The molecule has 10 nitrogen and oxygen atoms in total. The first-order valence-corrected chi connectivity index (χ1v) is 23.6. The SMILES string of the molecule is CC/C=C\C/C=C\C/C=C\C/C=C\C/C=C\CCCCCC(=O)OC[C@H](COP(=O)(O)OCC[N+](C)(C)C)OC(=O)CCCCCCCC(O)/C=C/C=C/C/C=C/CC. The smallest absolute Gasteiger partial charge is 0.462 e. The van der Waals surface area contributed by atoms with Crippen molar-refractivity contribution >= 4 is 19.8 Å². The quantitative estimate of drug-likeness (QED) is 0.0156. The lowest BCUT2D eigenvalue weighted by Crippen LogP contribution is -2.37. The van der Waals surface area contributed by atoms with Crippen molar-refractivity contribution < 1.29 is 47.2 Å². The fourth-order valence-electron chi connectivity index (χ4n) is 5.28. The average Bonchev–Trinajstić information content (AvgIpc) is 3.18. The highest BCUT2D eigenvalue weighted by atomic mass is 31.2. The Hall–Kier alpha value is -3.11. The Morgan fingerprint density at radius 1 is 0.610 bits per heavy atom. The number of allylic oxidation sites excluding steroid dienone is 15. The van der Waals surface area contributed by atoms with Crippen molar-refractivity contribution in [3.63, 3.8) is 0 Å². The number of aliphatic hydroxyl groups is 1. The molecule has 0 spiro atoms. The lowest BCUT2D eigenvalue weighted by molar-refractivity contribution is -0.870. The fraction of sp³-hybridized carbons (Fsp3) is 0.625. The number of hydrogen-bond acceptors (Lipinski definition) is 8. The van der Waals surface area contributed by atoms with Crippen LogP contribution in [0, 0.1) is 0 Å². The summed E-state index contributed by atoms with van der Waals surface area (Å²) >= 11 is 0. The molecule has 2 N–H and O–H groups in total. The van der Waals surface area contributed by atoms with Crippen LogP contribution in [-0.4, -0.2) is 86.1 Å². The molecule has 0 aliphatic carbocycles. The highest BCUT2D eigenvalue weighted by molar-refractivity contribution is 7.47. The maximum Gasteiger partial charge on any atom is 0.472 e. The van der Waals surface area contributed by atoms with Crippen molar-refractivity contribution in [2.24, 2.45) is 0 Å². The van der Waals surface area contributed by atoms with E-state index in [1.807, 2.05) is 33.3 Å². The third-order valence-electron chi connectivity index (χ3n) is 8.71. The van der Waals surface area contributed by atoms with E-state index < -0.39 is 38.6 Å². The third kappa shape index (κ3) is 42.8. The molecule has 0 aromatic heterocycles. The normalized spacial score (nSPS) is 15.0. The molecule has 0 aromatic carbocycles. The van der Waals surface area contributed by atoms with E-state index in [9.17, 15) is 24.2 Å². The minimum Gasteiger partial charge on any atom is -0.462 e. The lowest BCUT2D eigenvalue weighted by atomic mass is 10.1. The van der Waals surface area contributed by atoms with Gasteiger partial charge in [0, 0.05) is 12.8 Å². The van der Waals surface area contributed by atoms with Crippen molar-refractivity contribution in [3.8, 4) is 0 Å². The third-order valence-corrected chi connectivity index (χ3v) is 9.70. The monoisotopic (exact) mass is 847 g/mol. The van der Waals surface area contributed by atoms with Crippen LogP contribution in [0.1, 0.15) is 136 Å². The molecule has 0 rings (SSSR count). The van der Waals surface area contributed by atoms with Crippen LogP contribution in [0.5, 0.6) is 0 Å². The van der Waals surface area contributed by atoms with Crippen LogP contribution in [0.4, 0.5) is 0 Å². The highest BCUT2D eigenvalue weighted by Crippen LogP contribution is 2.43. The Morgan fingerprint density at radius 3 is 1.71 bits per heavy atom. The zero-order chi connectivity index (χ0) is 43.7. The van der Waals surface area contributed by atoms with Crippen LogP contribution in [0.15, 0.2) is 97.2 Å². The number of ether oxygens (including phenoxy) is 2. The zero-order valence-electron chi connectivity index (χ0n) is 37.3. The molecule has 0 aliphatic heterocycles. The van der Waals surface area contributed by atoms with Crippen LogP contribution in [-0.2, 0) is 32.7 Å². The number of hydrogen-bond donors (Lipinski definition) is 2. The van der Waals surface area contributed by atoms with Gasteiger partial charge in [-0.3, -0.25) is 18.6 Å². The van der Waals surface area contributed by atoms with E-state index >= 15 is 0 Å². The van der Waals surface area contributed by atoms with Crippen LogP contribution in [0.2, 0.25) is 0 Å². The summed E-state index contributed by atoms with van der Waals surface area (Å²) in [7, 11) is 1.37. The number of esters is 2. The van der Waals surface area contributed by atoms with Gasteiger partial charge in [0.05, 0.1) is 33.9 Å². The Balaban J connectivity index is 4.52. The van der Waals surface area contributed by atoms with Crippen LogP contribution in [0.25, 0.3) is 0 Å². The maximum atomic E-state index is 12.7. The van der Waals surface area contributed by atoms with E-state index in [-0.39, 0.29) is 26.1 Å². The predicted molar refractivity (Wildman–Crippen MR) is 244 cm³/mol. The number of nitrogens with zero attached hydrogens (tertiary/aromatic N) is 1. The van der Waals surface area contributed by atoms with E-state index in [4.69, 9.17) is 18.5 Å². The first kappa shape index (κ1) is 55.9. The van der Waals surface area contributed by atoms with Crippen molar-refractivity contribution in [2.75, 3.05) is 47.5 Å². The summed E-state index contributed by atoms with van der Waals surface area (Å²) in [5, 5.41) is 10.2. The summed E-state index contributed by atoms with van der Waals surface area (Å²) in [4.78, 5) is 35.4. The summed E-state index contributed by atoms with van der Waals surface area (Å²) in [6.45, 7) is 3.99. The Labute approximate surface area is 358 Å². The van der Waals surface area contributed by atoms with Gasteiger partial charge in [-0.05, 0) is 77.0 Å². The molecule has 3 atom stereocenters. The number of quaternary nitrogens is 1. The Kier molecular flexibility index (Phi) is 37.0. The number of unbranched alkanes of at least 4 members (excludes halogenated alkanes) is 7. The van der Waals surface area contributed by atoms with E-state index in [1.165, 1.54) is 0 Å². The van der Waals surface area contributed by atoms with Crippen molar-refractivity contribution in [1.82, 2.24) is 0 Å². The second kappa shape index (κ2) is 39.1. The molecule has 0 radical (unpaired) electrons. The van der Waals surface area contributed by atoms with Gasteiger partial charge >= 0.3 is 19.8 Å². The Morgan fingerprint density at radius 2 is 1.12 bits per heavy atom. The molecule has 0 fully saturated rings. The number of aliphatic hydroxyl groups excluding tert-OH is 1. The van der Waals surface area contributed by atoms with E-state index in [2.05, 4.69) is 92.8 Å². The highest BCUT2D eigenvalue weighted by Gasteiger charge is 2.27. The summed E-state index contributed by atoms with van der Waals surface area (Å²) in [6, 6.07) is 0. The van der Waals surface area contributed by atoms with E-state index in [0.29, 0.717) is 30.3 Å². The van der Waals surface area contributed by atoms with Gasteiger partial charge in [-0.25, -0.2) is 4.57 Å². The molecular weight excluding hydrogens is 765 g/mol. The molecule has 0 saturated heterocycles. The Bertz CT molecular complexity index is 1340. The summed E-state index contributed by atoms with van der Waals surface area (Å²) in [6.07, 6.45) is 47.6. The number of likely N-dealkylation sites (N-methyl/N-ethyl adjacent to an activating group) is 1. The molecule has 0 aromatic rings. The topological polar surface area (TPSA) is 129 Å². The second-order valence-electron chi connectivity index (χ2n) is 15.5. The molecule has 0 saturated carbocycles. The van der Waals surface area contributed by atoms with Crippen molar-refractivity contribution in [2.45, 2.75) is 148 Å². The average molecular weight is 847 g/mol. The van der Waals surface area contributed by atoms with E-state index in [1.54, 1.807) is 6.08 Å². The number of phosphoric ester groups is 1. The molecule has 11 heteroatoms. The zero-order valence-corrected chi connectivity index (χ0v) is 38.2. The van der Waals surface area contributed by atoms with Crippen LogP contribution < -0.4 is 0 Å². The molecule has 0 aliphatic rings. The molecule has 0 bridgehead atoms. The molecule has 0 amide bonds. The van der Waals surface area contributed by atoms with Crippen molar-refractivity contribution in [1.29, 1.82) is 0 Å². The van der Waals surface area contributed by atoms with Crippen LogP contribution in [0.3, 0.4) is 0 Å². The largest absolute Gasteiger partial charge is 0.472 e. The first-order valence-electron chi connectivity index (χ1n) is 22.1. The van der Waals surface area contributed by atoms with Gasteiger partial charge in [-0.2, -0.15) is 0 Å². The molecule has 2 unspecified atom stereocenters. The predicted octanol–water partition coefficient (Wildman–Crippen LogP) is 11.5. The summed E-state index contributed by atoms with van der Waals surface area (Å²) < 4.78 is 34.2. The minimum absolute atomic E-state index is 0.00199. The van der Waals surface area contributed by atoms with Gasteiger partial charge in [0.15, 0.2) is 6.10 Å². The number of carbonyl (C=O) groups is 2. The van der Waals surface area contributed by atoms with Gasteiger partial charge in [-0.1, -0.05) is 143 Å². The fourth-order valence-corrected chi connectivity index (χ4v) is 6.02. The van der Waals surface area contributed by atoms with Gasteiger partial charge < -0.3 is 24.0 Å². The number of phosphoric acid groups is 1. The first-order chi connectivity index (χ1) is 28.4. The van der Waals surface area contributed by atoms with Crippen molar-refractivity contribution in [3.05, 3.63) is 97.2 Å². The minimum atomic E-state index is -4.42. The molecule has 59 heavy (non-hydrogen) atoms. The summed E-state index contributed by atoms with van der Waals surface area (Å²) in [5.41, 5.74) is 0. The second-order valence-corrected chi connectivity index (χ2v) is 17.0. The van der Waals surface area contributed by atoms with Gasteiger partial charge in [0.2, 0.25) is 0 Å². The number of rotatable bonds is 38. The number of carbonyl (C=O) groups excluding carboxylic acids is 2. The van der Waals surface area contributed by atoms with E-state index in [0.717, 1.165) is 89.9 Å². The summed E-state index contributed by atoms with van der Waals surface area (Å²) in [5.74, 6) is -0.925. The molecule has 0 heterocycles. The molecule has 336 valence electrons. The lowest BCUT2D eigenvalue weighted by Gasteiger charge is -2.24. The van der Waals surface area contributed by atoms with Gasteiger partial charge in [0.25, 0.3) is 0 Å². The maximum absolute atomic E-state index is 12.7. The standard InChI is InChI=1S/C48H80NO9P/c1-6-8-10-12-14-15-16-17-18-19-20-21-22-23-24-25-27-31-35-39-47(51)55-43-46(44-57-59(53,54)56-42-41-49(3,4)5)58-48(52)40-36-32-28-30-34-38-45(50)37-33-29-26-13-11-9-7-2/h8-11,14-15,17-18,20-21,23-24,26,29,33,37,45-46,50H,6-7,12-13,16,19,22,25,27-28,30-32,34-36,38-44H2,1-5H3/p+1/b10-8-,11-9+,15-14-,18-17-,21-20-,24-23-,29-26+,37-33+/t45?,46-/m1/s1.